The Kier molecular flexibility index (Phi) is 5.40. The third-order valence-electron chi connectivity index (χ3n) is 4.01. The number of rotatable bonds is 6. The van der Waals surface area contributed by atoms with Crippen LogP contribution in [0.2, 0.25) is 0 Å². The van der Waals surface area contributed by atoms with Gasteiger partial charge in [-0.3, -0.25) is 0 Å². The zero-order valence-corrected chi connectivity index (χ0v) is 14.7. The third kappa shape index (κ3) is 3.47. The molecule has 5 nitrogen and oxygen atoms in total. The Morgan fingerprint density at radius 1 is 1.29 bits per heavy atom. The summed E-state index contributed by atoms with van der Waals surface area (Å²) < 4.78 is 34.0. The molecule has 1 aliphatic carbocycles. The molecule has 2 N–H and O–H groups in total. The average molecular weight is 332 g/mol. The highest BCUT2D eigenvalue weighted by molar-refractivity contribution is 7.99. The van der Waals surface area contributed by atoms with Gasteiger partial charge in [0.15, 0.2) is 0 Å². The van der Waals surface area contributed by atoms with Crippen LogP contribution in [0.25, 0.3) is 0 Å². The van der Waals surface area contributed by atoms with Crippen molar-refractivity contribution in [1.29, 1.82) is 0 Å². The van der Waals surface area contributed by atoms with E-state index in [-0.39, 0.29) is 6.04 Å². The number of hydrogen-bond donors (Lipinski definition) is 2. The number of thioether (sulfide) groups is 1. The highest BCUT2D eigenvalue weighted by Crippen LogP contribution is 2.31. The van der Waals surface area contributed by atoms with Crippen LogP contribution in [-0.4, -0.2) is 33.0 Å². The van der Waals surface area contributed by atoms with E-state index in [0.717, 1.165) is 24.8 Å². The SMILES string of the molecule is CNCc1c(C)oc(C)c1S(=O)(=O)NC1CCCC1SC. The first kappa shape index (κ1) is 16.9. The maximum absolute atomic E-state index is 12.8. The van der Waals surface area contributed by atoms with Crippen LogP contribution in [0.5, 0.6) is 0 Å². The first-order valence-electron chi connectivity index (χ1n) is 7.19. The molecule has 120 valence electrons. The molecule has 0 radical (unpaired) electrons. The van der Waals surface area contributed by atoms with E-state index in [0.29, 0.717) is 28.2 Å². The van der Waals surface area contributed by atoms with Gasteiger partial charge in [-0.1, -0.05) is 6.42 Å². The van der Waals surface area contributed by atoms with Crippen molar-refractivity contribution in [3.8, 4) is 0 Å². The zero-order chi connectivity index (χ0) is 15.6. The lowest BCUT2D eigenvalue weighted by atomic mass is 10.2. The average Bonchev–Trinajstić information content (AvgIpc) is 2.94. The second kappa shape index (κ2) is 6.73. The van der Waals surface area contributed by atoms with Crippen molar-refractivity contribution in [3.63, 3.8) is 0 Å². The number of sulfonamides is 1. The number of nitrogens with one attached hydrogen (secondary N) is 2. The fourth-order valence-electron chi connectivity index (χ4n) is 3.04. The van der Waals surface area contributed by atoms with E-state index in [1.165, 1.54) is 0 Å². The first-order chi connectivity index (χ1) is 9.90. The van der Waals surface area contributed by atoms with E-state index >= 15 is 0 Å². The predicted molar refractivity (Wildman–Crippen MR) is 86.2 cm³/mol. The molecule has 0 bridgehead atoms. The summed E-state index contributed by atoms with van der Waals surface area (Å²) in [7, 11) is -1.75. The largest absolute Gasteiger partial charge is 0.465 e. The van der Waals surface area contributed by atoms with Crippen molar-refractivity contribution in [3.05, 3.63) is 17.1 Å². The second-order valence-electron chi connectivity index (χ2n) is 5.49. The summed E-state index contributed by atoms with van der Waals surface area (Å²) in [6.07, 6.45) is 5.09. The lowest BCUT2D eigenvalue weighted by Gasteiger charge is -2.19. The van der Waals surface area contributed by atoms with Crippen molar-refractivity contribution in [1.82, 2.24) is 10.0 Å². The standard InChI is InChI=1S/C14H24N2O3S2/c1-9-11(8-15-3)14(10(2)19-9)21(17,18)16-12-6-5-7-13(12)20-4/h12-13,15-16H,5-8H2,1-4H3. The molecule has 1 saturated carbocycles. The molecule has 2 atom stereocenters. The van der Waals surface area contributed by atoms with Crippen molar-refractivity contribution < 1.29 is 12.8 Å². The molecule has 2 unspecified atom stereocenters. The predicted octanol–water partition coefficient (Wildman–Crippen LogP) is 2.18. The van der Waals surface area contributed by atoms with Gasteiger partial charge in [-0.25, -0.2) is 13.1 Å². The molecule has 1 heterocycles. The molecular weight excluding hydrogens is 308 g/mol. The first-order valence-corrected chi connectivity index (χ1v) is 9.96. The van der Waals surface area contributed by atoms with Gasteiger partial charge in [-0.15, -0.1) is 0 Å². The molecule has 0 saturated heterocycles. The molecule has 2 rings (SSSR count). The smallest absolute Gasteiger partial charge is 0.244 e. The fourth-order valence-corrected chi connectivity index (χ4v) is 5.82. The normalized spacial score (nSPS) is 22.9. The highest BCUT2D eigenvalue weighted by Gasteiger charge is 2.33. The summed E-state index contributed by atoms with van der Waals surface area (Å²) in [6, 6.07) is 0.0158. The van der Waals surface area contributed by atoms with Crippen LogP contribution in [0.1, 0.15) is 36.3 Å². The van der Waals surface area contributed by atoms with Crippen molar-refractivity contribution >= 4 is 21.8 Å². The van der Waals surface area contributed by atoms with Gasteiger partial charge in [-0.05, 0) is 40.0 Å². The second-order valence-corrected chi connectivity index (χ2v) is 8.21. The summed E-state index contributed by atoms with van der Waals surface area (Å²) in [5.41, 5.74) is 0.723. The van der Waals surface area contributed by atoms with Gasteiger partial charge in [0, 0.05) is 23.4 Å². The van der Waals surface area contributed by atoms with Crippen molar-refractivity contribution in [2.45, 2.75) is 55.8 Å². The third-order valence-corrected chi connectivity index (χ3v) is 6.86. The molecule has 0 aliphatic heterocycles. The van der Waals surface area contributed by atoms with Gasteiger partial charge >= 0.3 is 0 Å². The zero-order valence-electron chi connectivity index (χ0n) is 13.0. The molecule has 0 aromatic carbocycles. The summed E-state index contributed by atoms with van der Waals surface area (Å²) in [4.78, 5) is 0.307. The Morgan fingerprint density at radius 2 is 2.00 bits per heavy atom. The van der Waals surface area contributed by atoms with Crippen molar-refractivity contribution in [2.75, 3.05) is 13.3 Å². The lowest BCUT2D eigenvalue weighted by Crippen LogP contribution is -2.39. The van der Waals surface area contributed by atoms with Gasteiger partial charge in [0.05, 0.1) is 0 Å². The minimum Gasteiger partial charge on any atom is -0.465 e. The van der Waals surface area contributed by atoms with Crippen LogP contribution in [0.4, 0.5) is 0 Å². The Labute approximate surface area is 131 Å². The topological polar surface area (TPSA) is 71.3 Å². The summed E-state index contributed by atoms with van der Waals surface area (Å²) >= 11 is 1.74. The van der Waals surface area contributed by atoms with Crippen molar-refractivity contribution in [2.24, 2.45) is 0 Å². The fraction of sp³-hybridized carbons (Fsp3) is 0.714. The maximum Gasteiger partial charge on any atom is 0.244 e. The highest BCUT2D eigenvalue weighted by atomic mass is 32.2. The number of hydrogen-bond acceptors (Lipinski definition) is 5. The maximum atomic E-state index is 12.8. The van der Waals surface area contributed by atoms with E-state index in [1.54, 1.807) is 32.7 Å². The minimum absolute atomic E-state index is 0.0158. The molecule has 0 amide bonds. The van der Waals surface area contributed by atoms with E-state index < -0.39 is 10.0 Å². The minimum atomic E-state index is -3.55. The molecule has 0 spiro atoms. The Bertz CT molecular complexity index is 596. The van der Waals surface area contributed by atoms with Crippen LogP contribution >= 0.6 is 11.8 Å². The van der Waals surface area contributed by atoms with Crippen LogP contribution in [0.3, 0.4) is 0 Å². The Hall–Kier alpha value is -0.500. The van der Waals surface area contributed by atoms with E-state index in [2.05, 4.69) is 10.0 Å². The Morgan fingerprint density at radius 3 is 2.62 bits per heavy atom. The van der Waals surface area contributed by atoms with Gasteiger partial charge in [0.1, 0.15) is 16.4 Å². The Balaban J connectivity index is 2.31. The molecule has 1 aliphatic rings. The molecule has 1 fully saturated rings. The molecule has 1 aromatic heterocycles. The molecule has 21 heavy (non-hydrogen) atoms. The van der Waals surface area contributed by atoms with E-state index in [1.807, 2.05) is 6.26 Å². The van der Waals surface area contributed by atoms with Gasteiger partial charge in [-0.2, -0.15) is 11.8 Å². The van der Waals surface area contributed by atoms with Gasteiger partial charge < -0.3 is 9.73 Å². The number of furan rings is 1. The quantitative estimate of drug-likeness (QED) is 0.835. The van der Waals surface area contributed by atoms with Gasteiger partial charge in [0.25, 0.3) is 0 Å². The van der Waals surface area contributed by atoms with Crippen LogP contribution in [-0.2, 0) is 16.6 Å². The van der Waals surface area contributed by atoms with Crippen LogP contribution in [0, 0.1) is 13.8 Å². The molecular formula is C14H24N2O3S2. The monoisotopic (exact) mass is 332 g/mol. The van der Waals surface area contributed by atoms with E-state index in [4.69, 9.17) is 4.42 Å². The molecule has 1 aromatic rings. The van der Waals surface area contributed by atoms with Crippen LogP contribution in [0.15, 0.2) is 9.31 Å². The lowest BCUT2D eigenvalue weighted by molar-refractivity contribution is 0.492. The number of aryl methyl sites for hydroxylation is 2. The summed E-state index contributed by atoms with van der Waals surface area (Å²) in [5.74, 6) is 1.12. The molecule has 7 heteroatoms. The summed E-state index contributed by atoms with van der Waals surface area (Å²) in [6.45, 7) is 4.00. The summed E-state index contributed by atoms with van der Waals surface area (Å²) in [5, 5.41) is 3.37. The van der Waals surface area contributed by atoms with Crippen LogP contribution < -0.4 is 10.0 Å². The van der Waals surface area contributed by atoms with E-state index in [9.17, 15) is 8.42 Å². The van der Waals surface area contributed by atoms with Gasteiger partial charge in [0.2, 0.25) is 10.0 Å².